The number of hydrogen-bond acceptors (Lipinski definition) is 5. The van der Waals surface area contributed by atoms with Gasteiger partial charge in [-0.1, -0.05) is 6.07 Å². The lowest BCUT2D eigenvalue weighted by Crippen LogP contribution is -1.98. The minimum absolute atomic E-state index is 0.385. The number of anilines is 3. The van der Waals surface area contributed by atoms with E-state index in [-0.39, 0.29) is 0 Å². The SMILES string of the molecule is CCOc1cccc(Nc2cncc(N)n2)c1. The van der Waals surface area contributed by atoms with Crippen LogP contribution in [0.3, 0.4) is 0 Å². The predicted octanol–water partition coefficient (Wildman–Crippen LogP) is 2.20. The van der Waals surface area contributed by atoms with Gasteiger partial charge in [0.2, 0.25) is 0 Å². The molecule has 0 radical (unpaired) electrons. The molecule has 1 aromatic carbocycles. The van der Waals surface area contributed by atoms with Gasteiger partial charge >= 0.3 is 0 Å². The summed E-state index contributed by atoms with van der Waals surface area (Å²) in [5.74, 6) is 1.81. The van der Waals surface area contributed by atoms with E-state index < -0.39 is 0 Å². The molecule has 1 aromatic heterocycles. The molecule has 0 aliphatic heterocycles. The molecular formula is C12H14N4O. The number of nitrogens with one attached hydrogen (secondary N) is 1. The molecule has 2 rings (SSSR count). The summed E-state index contributed by atoms with van der Waals surface area (Å²) in [5.41, 5.74) is 6.44. The number of nitrogens with two attached hydrogens (primary N) is 1. The minimum atomic E-state index is 0.385. The first-order chi connectivity index (χ1) is 8.28. The molecule has 0 saturated heterocycles. The highest BCUT2D eigenvalue weighted by molar-refractivity contribution is 5.58. The van der Waals surface area contributed by atoms with Crippen molar-refractivity contribution in [3.63, 3.8) is 0 Å². The van der Waals surface area contributed by atoms with Gasteiger partial charge in [-0.15, -0.1) is 0 Å². The summed E-state index contributed by atoms with van der Waals surface area (Å²) in [4.78, 5) is 8.07. The molecule has 88 valence electrons. The van der Waals surface area contributed by atoms with E-state index in [9.17, 15) is 0 Å². The molecular weight excluding hydrogens is 216 g/mol. The lowest BCUT2D eigenvalue weighted by Gasteiger charge is -2.08. The lowest BCUT2D eigenvalue weighted by molar-refractivity contribution is 0.340. The zero-order valence-electron chi connectivity index (χ0n) is 9.55. The van der Waals surface area contributed by atoms with Gasteiger partial charge in [0.15, 0.2) is 5.82 Å². The second kappa shape index (κ2) is 5.16. The van der Waals surface area contributed by atoms with E-state index in [1.54, 1.807) is 6.20 Å². The highest BCUT2D eigenvalue weighted by Crippen LogP contribution is 2.20. The Morgan fingerprint density at radius 3 is 3.00 bits per heavy atom. The molecule has 2 aromatic rings. The van der Waals surface area contributed by atoms with Crippen LogP contribution >= 0.6 is 0 Å². The van der Waals surface area contributed by atoms with Gasteiger partial charge in [-0.25, -0.2) is 4.98 Å². The molecule has 1 heterocycles. The standard InChI is InChI=1S/C12H14N4O/c1-2-17-10-5-3-4-9(6-10)15-12-8-14-7-11(13)16-12/h3-8H,2H2,1H3,(H3,13,15,16). The Morgan fingerprint density at radius 1 is 1.35 bits per heavy atom. The average molecular weight is 230 g/mol. The van der Waals surface area contributed by atoms with Crippen LogP contribution in [0.15, 0.2) is 36.7 Å². The van der Waals surface area contributed by atoms with Crippen LogP contribution in [-0.4, -0.2) is 16.6 Å². The normalized spacial score (nSPS) is 9.94. The van der Waals surface area contributed by atoms with E-state index >= 15 is 0 Å². The molecule has 0 spiro atoms. The maximum Gasteiger partial charge on any atom is 0.151 e. The Morgan fingerprint density at radius 2 is 2.24 bits per heavy atom. The number of nitrogen functional groups attached to an aromatic ring is 1. The van der Waals surface area contributed by atoms with E-state index in [2.05, 4.69) is 15.3 Å². The van der Waals surface area contributed by atoms with Gasteiger partial charge in [0.1, 0.15) is 11.6 Å². The second-order valence-electron chi connectivity index (χ2n) is 3.42. The van der Waals surface area contributed by atoms with Gasteiger partial charge in [0.05, 0.1) is 19.0 Å². The van der Waals surface area contributed by atoms with Crippen LogP contribution in [0, 0.1) is 0 Å². The van der Waals surface area contributed by atoms with Gasteiger partial charge in [-0.05, 0) is 19.1 Å². The van der Waals surface area contributed by atoms with Crippen molar-refractivity contribution in [3.8, 4) is 5.75 Å². The molecule has 0 unspecified atom stereocenters. The zero-order valence-corrected chi connectivity index (χ0v) is 9.55. The quantitative estimate of drug-likeness (QED) is 0.842. The molecule has 0 fully saturated rings. The van der Waals surface area contributed by atoms with E-state index in [1.165, 1.54) is 6.20 Å². The minimum Gasteiger partial charge on any atom is -0.494 e. The van der Waals surface area contributed by atoms with Gasteiger partial charge in [-0.3, -0.25) is 4.98 Å². The number of ether oxygens (including phenoxy) is 1. The Balaban J connectivity index is 2.15. The fourth-order valence-corrected chi connectivity index (χ4v) is 1.42. The topological polar surface area (TPSA) is 73.1 Å². The zero-order chi connectivity index (χ0) is 12.1. The van der Waals surface area contributed by atoms with E-state index in [0.717, 1.165) is 11.4 Å². The molecule has 0 aliphatic carbocycles. The van der Waals surface area contributed by atoms with Crippen molar-refractivity contribution in [2.45, 2.75) is 6.92 Å². The predicted molar refractivity (Wildman–Crippen MR) is 67.3 cm³/mol. The van der Waals surface area contributed by atoms with Crippen molar-refractivity contribution in [2.24, 2.45) is 0 Å². The Kier molecular flexibility index (Phi) is 3.40. The summed E-state index contributed by atoms with van der Waals surface area (Å²) in [5, 5.41) is 3.11. The van der Waals surface area contributed by atoms with Crippen molar-refractivity contribution >= 4 is 17.3 Å². The number of benzene rings is 1. The Hall–Kier alpha value is -2.30. The molecule has 0 aliphatic rings. The van der Waals surface area contributed by atoms with Crippen LogP contribution in [0.1, 0.15) is 6.92 Å². The van der Waals surface area contributed by atoms with Crippen LogP contribution in [0.2, 0.25) is 0 Å². The number of aromatic nitrogens is 2. The molecule has 5 heteroatoms. The van der Waals surface area contributed by atoms with Gasteiger partial charge in [0.25, 0.3) is 0 Å². The Bertz CT molecular complexity index is 501. The third kappa shape index (κ3) is 3.07. The van der Waals surface area contributed by atoms with Crippen molar-refractivity contribution in [3.05, 3.63) is 36.7 Å². The fraction of sp³-hybridized carbons (Fsp3) is 0.167. The van der Waals surface area contributed by atoms with Gasteiger partial charge in [0, 0.05) is 11.8 Å². The third-order valence-electron chi connectivity index (χ3n) is 2.07. The monoisotopic (exact) mass is 230 g/mol. The molecule has 5 nitrogen and oxygen atoms in total. The van der Waals surface area contributed by atoms with Crippen LogP contribution in [0.25, 0.3) is 0 Å². The molecule has 0 amide bonds. The average Bonchev–Trinajstić information content (AvgIpc) is 2.30. The van der Waals surface area contributed by atoms with Crippen LogP contribution in [0.4, 0.5) is 17.3 Å². The maximum atomic E-state index is 5.55. The summed E-state index contributed by atoms with van der Waals surface area (Å²) >= 11 is 0. The van der Waals surface area contributed by atoms with Crippen molar-refractivity contribution in [1.82, 2.24) is 9.97 Å². The first-order valence-electron chi connectivity index (χ1n) is 5.35. The smallest absolute Gasteiger partial charge is 0.151 e. The van der Waals surface area contributed by atoms with E-state index in [0.29, 0.717) is 18.2 Å². The van der Waals surface area contributed by atoms with Crippen LogP contribution in [0.5, 0.6) is 5.75 Å². The third-order valence-corrected chi connectivity index (χ3v) is 2.07. The van der Waals surface area contributed by atoms with E-state index in [4.69, 9.17) is 10.5 Å². The summed E-state index contributed by atoms with van der Waals surface area (Å²) in [6.07, 6.45) is 3.12. The number of nitrogens with zero attached hydrogens (tertiary/aromatic N) is 2. The highest BCUT2D eigenvalue weighted by atomic mass is 16.5. The second-order valence-corrected chi connectivity index (χ2v) is 3.42. The lowest BCUT2D eigenvalue weighted by atomic mass is 10.3. The van der Waals surface area contributed by atoms with Crippen molar-refractivity contribution in [2.75, 3.05) is 17.7 Å². The van der Waals surface area contributed by atoms with Crippen molar-refractivity contribution in [1.29, 1.82) is 0 Å². The van der Waals surface area contributed by atoms with Gasteiger partial charge < -0.3 is 15.8 Å². The van der Waals surface area contributed by atoms with E-state index in [1.807, 2.05) is 31.2 Å². The van der Waals surface area contributed by atoms with Crippen LogP contribution in [-0.2, 0) is 0 Å². The molecule has 17 heavy (non-hydrogen) atoms. The summed E-state index contributed by atoms with van der Waals surface area (Å²) in [7, 11) is 0. The fourth-order valence-electron chi connectivity index (χ4n) is 1.42. The maximum absolute atomic E-state index is 5.55. The molecule has 0 atom stereocenters. The highest BCUT2D eigenvalue weighted by Gasteiger charge is 1.99. The summed E-state index contributed by atoms with van der Waals surface area (Å²) in [6, 6.07) is 7.63. The number of hydrogen-bond donors (Lipinski definition) is 2. The van der Waals surface area contributed by atoms with Crippen LogP contribution < -0.4 is 15.8 Å². The Labute approximate surface area is 99.7 Å². The molecule has 3 N–H and O–H groups in total. The number of rotatable bonds is 4. The summed E-state index contributed by atoms with van der Waals surface area (Å²) < 4.78 is 5.41. The first kappa shape index (κ1) is 11.2. The van der Waals surface area contributed by atoms with Crippen molar-refractivity contribution < 1.29 is 4.74 Å². The largest absolute Gasteiger partial charge is 0.494 e. The molecule has 0 saturated carbocycles. The first-order valence-corrected chi connectivity index (χ1v) is 5.35. The summed E-state index contributed by atoms with van der Waals surface area (Å²) in [6.45, 7) is 2.59. The molecule has 0 bridgehead atoms. The van der Waals surface area contributed by atoms with Gasteiger partial charge in [-0.2, -0.15) is 0 Å².